The number of halogens is 1. The van der Waals surface area contributed by atoms with Crippen LogP contribution in [0.1, 0.15) is 21.5 Å². The number of ketones is 1. The summed E-state index contributed by atoms with van der Waals surface area (Å²) in [7, 11) is 0. The summed E-state index contributed by atoms with van der Waals surface area (Å²) in [6.45, 7) is 1.75. The van der Waals surface area contributed by atoms with Crippen molar-refractivity contribution >= 4 is 23.1 Å². The van der Waals surface area contributed by atoms with E-state index in [2.05, 4.69) is 0 Å². The molecule has 0 aliphatic heterocycles. The highest BCUT2D eigenvalue weighted by Gasteiger charge is 2.10. The number of carbonyl (C=O) groups is 1. The minimum absolute atomic E-state index is 0.0772. The second kappa shape index (κ2) is 4.12. The van der Waals surface area contributed by atoms with Gasteiger partial charge in [-0.25, -0.2) is 0 Å². The lowest BCUT2D eigenvalue weighted by Crippen LogP contribution is -2.05. The van der Waals surface area contributed by atoms with Crippen LogP contribution >= 0.6 is 11.6 Å². The molecule has 0 saturated carbocycles. The van der Waals surface area contributed by atoms with Gasteiger partial charge < -0.3 is 5.73 Å². The second-order valence-corrected chi connectivity index (χ2v) is 3.19. The summed E-state index contributed by atoms with van der Waals surface area (Å²) in [5.41, 5.74) is 7.48. The molecule has 72 valence electrons. The Bertz CT molecular complexity index is 421. The fourth-order valence-corrected chi connectivity index (χ4v) is 1.34. The number of nitriles is 1. The molecule has 0 heterocycles. The van der Waals surface area contributed by atoms with E-state index < -0.39 is 0 Å². The highest BCUT2D eigenvalue weighted by molar-refractivity contribution is 6.30. The summed E-state index contributed by atoms with van der Waals surface area (Å²) < 4.78 is 0. The summed E-state index contributed by atoms with van der Waals surface area (Å²) >= 11 is 5.43. The van der Waals surface area contributed by atoms with Crippen LogP contribution < -0.4 is 5.73 Å². The van der Waals surface area contributed by atoms with Gasteiger partial charge in [0.2, 0.25) is 0 Å². The van der Waals surface area contributed by atoms with Crippen molar-refractivity contribution in [2.75, 3.05) is 11.6 Å². The topological polar surface area (TPSA) is 66.9 Å². The molecule has 14 heavy (non-hydrogen) atoms. The molecule has 3 nitrogen and oxygen atoms in total. The van der Waals surface area contributed by atoms with Crippen LogP contribution in [0, 0.1) is 18.3 Å². The third-order valence-electron chi connectivity index (χ3n) is 1.94. The number of benzene rings is 1. The molecule has 0 saturated heterocycles. The predicted molar refractivity (Wildman–Crippen MR) is 55.4 cm³/mol. The summed E-state index contributed by atoms with van der Waals surface area (Å²) in [6, 6.07) is 5.04. The zero-order chi connectivity index (χ0) is 10.7. The summed E-state index contributed by atoms with van der Waals surface area (Å²) in [4.78, 5) is 11.3. The lowest BCUT2D eigenvalue weighted by molar-refractivity contribution is 0.102. The van der Waals surface area contributed by atoms with Gasteiger partial charge in [-0.1, -0.05) is 0 Å². The number of nitrogens with zero attached hydrogens (tertiary/aromatic N) is 1. The van der Waals surface area contributed by atoms with Crippen LogP contribution in [-0.2, 0) is 0 Å². The molecule has 0 aromatic heterocycles. The number of hydrogen-bond acceptors (Lipinski definition) is 3. The molecule has 0 bridgehead atoms. The van der Waals surface area contributed by atoms with E-state index in [-0.39, 0.29) is 11.7 Å². The Morgan fingerprint density at radius 1 is 1.64 bits per heavy atom. The number of aryl methyl sites for hydroxylation is 1. The fourth-order valence-electron chi connectivity index (χ4n) is 1.19. The van der Waals surface area contributed by atoms with Crippen LogP contribution in [0.4, 0.5) is 5.69 Å². The van der Waals surface area contributed by atoms with Crippen LogP contribution in [0.15, 0.2) is 12.1 Å². The molecule has 0 radical (unpaired) electrons. The number of Topliss-reactive ketones (excluding diaryl/α,β-unsaturated/α-hetero) is 1. The highest BCUT2D eigenvalue weighted by Crippen LogP contribution is 2.18. The molecular formula is C10H9ClN2O. The molecule has 4 heteroatoms. The second-order valence-electron chi connectivity index (χ2n) is 2.92. The van der Waals surface area contributed by atoms with Gasteiger partial charge in [-0.15, -0.1) is 11.6 Å². The fraction of sp³-hybridized carbons (Fsp3) is 0.200. The molecule has 0 atom stereocenters. The summed E-state index contributed by atoms with van der Waals surface area (Å²) in [5, 5.41) is 8.69. The van der Waals surface area contributed by atoms with Gasteiger partial charge in [0.05, 0.1) is 17.1 Å². The number of rotatable bonds is 2. The average molecular weight is 209 g/mol. The van der Waals surface area contributed by atoms with E-state index in [4.69, 9.17) is 22.6 Å². The number of hydrogen-bond donors (Lipinski definition) is 1. The van der Waals surface area contributed by atoms with E-state index >= 15 is 0 Å². The Morgan fingerprint density at radius 3 is 2.79 bits per heavy atom. The van der Waals surface area contributed by atoms with Gasteiger partial charge in [-0.3, -0.25) is 4.79 Å². The van der Waals surface area contributed by atoms with Gasteiger partial charge in [-0.05, 0) is 24.6 Å². The van der Waals surface area contributed by atoms with Crippen molar-refractivity contribution in [2.24, 2.45) is 0 Å². The van der Waals surface area contributed by atoms with Gasteiger partial charge >= 0.3 is 0 Å². The Kier molecular flexibility index (Phi) is 3.10. The zero-order valence-electron chi connectivity index (χ0n) is 7.67. The molecule has 0 fully saturated rings. The van der Waals surface area contributed by atoms with E-state index in [9.17, 15) is 4.79 Å². The van der Waals surface area contributed by atoms with Crippen molar-refractivity contribution in [1.82, 2.24) is 0 Å². The van der Waals surface area contributed by atoms with Crippen molar-refractivity contribution in [3.05, 3.63) is 28.8 Å². The van der Waals surface area contributed by atoms with E-state index in [0.29, 0.717) is 16.8 Å². The standard InChI is InChI=1S/C10H9ClN2O/c1-6-2-7(5-12)9(13)3-8(6)10(14)4-11/h2-3H,4,13H2,1H3. The normalized spacial score (nSPS) is 9.50. The molecule has 1 rings (SSSR count). The molecule has 0 spiro atoms. The SMILES string of the molecule is Cc1cc(C#N)c(N)cc1C(=O)CCl. The molecule has 0 amide bonds. The van der Waals surface area contributed by atoms with Crippen molar-refractivity contribution in [3.8, 4) is 6.07 Å². The number of anilines is 1. The van der Waals surface area contributed by atoms with Crippen LogP contribution in [0.5, 0.6) is 0 Å². The van der Waals surface area contributed by atoms with Crippen molar-refractivity contribution in [3.63, 3.8) is 0 Å². The highest BCUT2D eigenvalue weighted by atomic mass is 35.5. The van der Waals surface area contributed by atoms with Crippen molar-refractivity contribution in [2.45, 2.75) is 6.92 Å². The summed E-state index contributed by atoms with van der Waals surface area (Å²) in [5.74, 6) is -0.257. The molecule has 0 aliphatic rings. The number of alkyl halides is 1. The van der Waals surface area contributed by atoms with Gasteiger partial charge in [-0.2, -0.15) is 5.26 Å². The molecule has 1 aromatic carbocycles. The quantitative estimate of drug-likeness (QED) is 0.458. The largest absolute Gasteiger partial charge is 0.398 e. The molecular weight excluding hydrogens is 200 g/mol. The molecule has 2 N–H and O–H groups in total. The summed E-state index contributed by atoms with van der Waals surface area (Å²) in [6.07, 6.45) is 0. The third-order valence-corrected chi connectivity index (χ3v) is 2.18. The smallest absolute Gasteiger partial charge is 0.177 e. The lowest BCUT2D eigenvalue weighted by Gasteiger charge is -2.05. The zero-order valence-corrected chi connectivity index (χ0v) is 8.43. The van der Waals surface area contributed by atoms with E-state index in [0.717, 1.165) is 5.56 Å². The van der Waals surface area contributed by atoms with Gasteiger partial charge in [0, 0.05) is 5.56 Å². The van der Waals surface area contributed by atoms with Crippen molar-refractivity contribution < 1.29 is 4.79 Å². The van der Waals surface area contributed by atoms with E-state index in [1.54, 1.807) is 13.0 Å². The molecule has 1 aromatic rings. The van der Waals surface area contributed by atoms with Gasteiger partial charge in [0.25, 0.3) is 0 Å². The average Bonchev–Trinajstić information content (AvgIpc) is 2.19. The van der Waals surface area contributed by atoms with Crippen LogP contribution in [0.2, 0.25) is 0 Å². The van der Waals surface area contributed by atoms with Crippen LogP contribution in [0.25, 0.3) is 0 Å². The predicted octanol–water partition coefficient (Wildman–Crippen LogP) is 1.87. The Balaban J connectivity index is 3.30. The van der Waals surface area contributed by atoms with Gasteiger partial charge in [0.1, 0.15) is 6.07 Å². The minimum atomic E-state index is -0.180. The first-order valence-electron chi connectivity index (χ1n) is 3.99. The van der Waals surface area contributed by atoms with Crippen molar-refractivity contribution in [1.29, 1.82) is 5.26 Å². The first-order chi connectivity index (χ1) is 6.60. The maximum absolute atomic E-state index is 11.3. The van der Waals surface area contributed by atoms with E-state index in [1.807, 2.05) is 6.07 Å². The van der Waals surface area contributed by atoms with E-state index in [1.165, 1.54) is 6.07 Å². The Morgan fingerprint density at radius 2 is 2.29 bits per heavy atom. The molecule has 0 unspecified atom stereocenters. The van der Waals surface area contributed by atoms with Crippen LogP contribution in [0.3, 0.4) is 0 Å². The van der Waals surface area contributed by atoms with Crippen LogP contribution in [-0.4, -0.2) is 11.7 Å². The maximum atomic E-state index is 11.3. The molecule has 0 aliphatic carbocycles. The Labute approximate surface area is 87.1 Å². The maximum Gasteiger partial charge on any atom is 0.177 e. The minimum Gasteiger partial charge on any atom is -0.398 e. The number of carbonyl (C=O) groups excluding carboxylic acids is 1. The lowest BCUT2D eigenvalue weighted by atomic mass is 10.0. The Hall–Kier alpha value is -1.53. The number of nitrogen functional groups attached to an aromatic ring is 1. The number of nitrogens with two attached hydrogens (primary N) is 1. The monoisotopic (exact) mass is 208 g/mol. The third kappa shape index (κ3) is 1.86. The first-order valence-corrected chi connectivity index (χ1v) is 4.53. The van der Waals surface area contributed by atoms with Gasteiger partial charge in [0.15, 0.2) is 5.78 Å². The first kappa shape index (κ1) is 10.6.